The summed E-state index contributed by atoms with van der Waals surface area (Å²) in [4.78, 5) is 21.2. The Morgan fingerprint density at radius 3 is 2.75 bits per heavy atom. The van der Waals surface area contributed by atoms with Crippen LogP contribution in [0.3, 0.4) is 0 Å². The van der Waals surface area contributed by atoms with Gasteiger partial charge in [-0.15, -0.1) is 0 Å². The Labute approximate surface area is 183 Å². The van der Waals surface area contributed by atoms with E-state index in [1.807, 2.05) is 4.40 Å². The molecule has 1 aliphatic rings. The zero-order chi connectivity index (χ0) is 21.9. The fraction of sp³-hybridized carbons (Fsp3) is 0.174. The lowest BCUT2D eigenvalue weighted by Crippen LogP contribution is -2.18. The van der Waals surface area contributed by atoms with Gasteiger partial charge in [-0.2, -0.15) is 0 Å². The van der Waals surface area contributed by atoms with E-state index in [0.29, 0.717) is 54.1 Å². The van der Waals surface area contributed by atoms with Gasteiger partial charge in [-0.3, -0.25) is 14.2 Å². The third-order valence-electron chi connectivity index (χ3n) is 5.02. The number of fused-ring (bicyclic) bond motifs is 2. The molecule has 0 spiro atoms. The summed E-state index contributed by atoms with van der Waals surface area (Å²) in [7, 11) is 0. The molecular formula is C23H20FN5O3. The summed E-state index contributed by atoms with van der Waals surface area (Å²) in [5, 5.41) is 6.16. The molecule has 0 saturated carbocycles. The van der Waals surface area contributed by atoms with Crippen molar-refractivity contribution in [3.05, 3.63) is 66.9 Å². The van der Waals surface area contributed by atoms with Crippen molar-refractivity contribution < 1.29 is 18.7 Å². The maximum absolute atomic E-state index is 13.4. The Hall–Kier alpha value is -4.14. The highest BCUT2D eigenvalue weighted by atomic mass is 19.1. The van der Waals surface area contributed by atoms with Crippen LogP contribution in [0.15, 0.2) is 61.1 Å². The van der Waals surface area contributed by atoms with Crippen LogP contribution in [0.5, 0.6) is 11.5 Å². The van der Waals surface area contributed by atoms with E-state index < -0.39 is 0 Å². The van der Waals surface area contributed by atoms with Crippen LogP contribution >= 0.6 is 0 Å². The van der Waals surface area contributed by atoms with Gasteiger partial charge < -0.3 is 20.1 Å². The number of rotatable bonds is 6. The average molecular weight is 433 g/mol. The normalized spacial score (nSPS) is 12.5. The van der Waals surface area contributed by atoms with E-state index in [2.05, 4.69) is 20.6 Å². The van der Waals surface area contributed by atoms with Gasteiger partial charge in [0.2, 0.25) is 5.91 Å². The molecular weight excluding hydrogens is 413 g/mol. The van der Waals surface area contributed by atoms with Crippen molar-refractivity contribution in [1.82, 2.24) is 14.4 Å². The molecule has 3 heterocycles. The molecule has 8 nitrogen and oxygen atoms in total. The Balaban J connectivity index is 1.28. The van der Waals surface area contributed by atoms with Gasteiger partial charge >= 0.3 is 0 Å². The first-order chi connectivity index (χ1) is 15.7. The maximum atomic E-state index is 13.4. The molecule has 0 aliphatic carbocycles. The smallest absolute Gasteiger partial charge is 0.226 e. The molecule has 9 heteroatoms. The summed E-state index contributed by atoms with van der Waals surface area (Å²) in [6, 6.07) is 11.4. The zero-order valence-corrected chi connectivity index (χ0v) is 17.0. The number of carbonyl (C=O) groups excluding carboxylic acids is 1. The van der Waals surface area contributed by atoms with Gasteiger partial charge in [0.1, 0.15) is 30.5 Å². The molecule has 0 unspecified atom stereocenters. The van der Waals surface area contributed by atoms with Crippen LogP contribution in [0.25, 0.3) is 16.9 Å². The van der Waals surface area contributed by atoms with Gasteiger partial charge in [-0.25, -0.2) is 9.37 Å². The molecule has 4 aromatic rings. The fourth-order valence-corrected chi connectivity index (χ4v) is 3.52. The first-order valence-electron chi connectivity index (χ1n) is 10.2. The quantitative estimate of drug-likeness (QED) is 0.482. The van der Waals surface area contributed by atoms with Gasteiger partial charge in [0, 0.05) is 42.7 Å². The minimum absolute atomic E-state index is 0.145. The highest BCUT2D eigenvalue weighted by Gasteiger charge is 2.15. The molecule has 1 amide bonds. The van der Waals surface area contributed by atoms with E-state index in [1.165, 1.54) is 12.1 Å². The van der Waals surface area contributed by atoms with Crippen molar-refractivity contribution in [2.45, 2.75) is 6.42 Å². The van der Waals surface area contributed by atoms with Crippen molar-refractivity contribution in [2.24, 2.45) is 0 Å². The standard InChI is InChI=1S/C23H20FN5O3/c24-16-3-1-15(2-4-16)22-23(29-10-9-25-14-20(29)28-22)26-8-7-21(30)27-17-5-6-18-19(13-17)32-12-11-31-18/h1-6,9-10,13-14,26H,7-8,11-12H2,(H,27,30). The van der Waals surface area contributed by atoms with Crippen LogP contribution < -0.4 is 20.1 Å². The van der Waals surface area contributed by atoms with Crippen molar-refractivity contribution in [1.29, 1.82) is 0 Å². The van der Waals surface area contributed by atoms with E-state index in [4.69, 9.17) is 9.47 Å². The summed E-state index contributed by atoms with van der Waals surface area (Å²) in [6.07, 6.45) is 5.32. The number of anilines is 2. The van der Waals surface area contributed by atoms with Gasteiger partial charge in [0.05, 0.1) is 6.20 Å². The van der Waals surface area contributed by atoms with Crippen molar-refractivity contribution >= 4 is 23.1 Å². The summed E-state index contributed by atoms with van der Waals surface area (Å²) >= 11 is 0. The second kappa shape index (κ2) is 8.54. The number of hydrogen-bond donors (Lipinski definition) is 2. The lowest BCUT2D eigenvalue weighted by molar-refractivity contribution is -0.115. The third kappa shape index (κ3) is 4.04. The molecule has 162 valence electrons. The van der Waals surface area contributed by atoms with E-state index in [-0.39, 0.29) is 18.1 Å². The molecule has 0 saturated heterocycles. The Kier molecular flexibility index (Phi) is 5.29. The van der Waals surface area contributed by atoms with Crippen LogP contribution in [0.2, 0.25) is 0 Å². The number of benzene rings is 2. The Morgan fingerprint density at radius 1 is 1.09 bits per heavy atom. The first kappa shape index (κ1) is 19.8. The molecule has 0 fully saturated rings. The lowest BCUT2D eigenvalue weighted by Gasteiger charge is -2.19. The van der Waals surface area contributed by atoms with Gasteiger partial charge in [0.25, 0.3) is 0 Å². The fourth-order valence-electron chi connectivity index (χ4n) is 3.52. The van der Waals surface area contributed by atoms with Crippen LogP contribution in [-0.2, 0) is 4.79 Å². The van der Waals surface area contributed by atoms with Crippen LogP contribution in [0.1, 0.15) is 6.42 Å². The van der Waals surface area contributed by atoms with Gasteiger partial charge in [-0.1, -0.05) is 0 Å². The predicted octanol–water partition coefficient (Wildman–Crippen LogP) is 3.75. The molecule has 2 N–H and O–H groups in total. The van der Waals surface area contributed by atoms with E-state index in [9.17, 15) is 9.18 Å². The second-order valence-corrected chi connectivity index (χ2v) is 7.20. The highest BCUT2D eigenvalue weighted by molar-refractivity contribution is 5.91. The summed E-state index contributed by atoms with van der Waals surface area (Å²) < 4.78 is 26.3. The SMILES string of the molecule is O=C(CCNc1c(-c2ccc(F)cc2)nc2cnccn12)Nc1ccc2c(c1)OCCO2. The summed E-state index contributed by atoms with van der Waals surface area (Å²) in [5.41, 5.74) is 2.71. The molecule has 32 heavy (non-hydrogen) atoms. The topological polar surface area (TPSA) is 89.8 Å². The average Bonchev–Trinajstić information content (AvgIpc) is 3.18. The summed E-state index contributed by atoms with van der Waals surface area (Å²) in [6.45, 7) is 1.38. The zero-order valence-electron chi connectivity index (χ0n) is 17.0. The number of amides is 1. The molecule has 0 radical (unpaired) electrons. The van der Waals surface area contributed by atoms with E-state index in [1.54, 1.807) is 48.9 Å². The maximum Gasteiger partial charge on any atom is 0.226 e. The lowest BCUT2D eigenvalue weighted by atomic mass is 10.1. The minimum Gasteiger partial charge on any atom is -0.486 e. The number of halogens is 1. The molecule has 2 aromatic heterocycles. The first-order valence-corrected chi connectivity index (χ1v) is 10.2. The number of nitrogens with one attached hydrogen (secondary N) is 2. The second-order valence-electron chi connectivity index (χ2n) is 7.20. The highest BCUT2D eigenvalue weighted by Crippen LogP contribution is 2.32. The molecule has 1 aliphatic heterocycles. The molecule has 0 bridgehead atoms. The predicted molar refractivity (Wildman–Crippen MR) is 118 cm³/mol. The number of aromatic nitrogens is 3. The number of hydrogen-bond acceptors (Lipinski definition) is 6. The van der Waals surface area contributed by atoms with Gasteiger partial charge in [-0.05, 0) is 36.4 Å². The number of carbonyl (C=O) groups is 1. The molecule has 2 aromatic carbocycles. The van der Waals surface area contributed by atoms with Crippen molar-refractivity contribution in [3.63, 3.8) is 0 Å². The van der Waals surface area contributed by atoms with Crippen molar-refractivity contribution in [2.75, 3.05) is 30.4 Å². The van der Waals surface area contributed by atoms with Gasteiger partial charge in [0.15, 0.2) is 17.1 Å². The van der Waals surface area contributed by atoms with Crippen molar-refractivity contribution in [3.8, 4) is 22.8 Å². The largest absolute Gasteiger partial charge is 0.486 e. The number of nitrogens with zero attached hydrogens (tertiary/aromatic N) is 3. The number of imidazole rings is 1. The van der Waals surface area contributed by atoms with Crippen LogP contribution in [0, 0.1) is 5.82 Å². The molecule has 0 atom stereocenters. The summed E-state index contributed by atoms with van der Waals surface area (Å²) in [5.74, 6) is 1.54. The number of ether oxygens (including phenoxy) is 2. The van der Waals surface area contributed by atoms with Crippen LogP contribution in [0.4, 0.5) is 15.9 Å². The minimum atomic E-state index is -0.315. The molecule has 5 rings (SSSR count). The van der Waals surface area contributed by atoms with E-state index >= 15 is 0 Å². The third-order valence-corrected chi connectivity index (χ3v) is 5.02. The van der Waals surface area contributed by atoms with E-state index in [0.717, 1.165) is 5.56 Å². The van der Waals surface area contributed by atoms with Crippen LogP contribution in [-0.4, -0.2) is 40.0 Å². The Bertz CT molecular complexity index is 1270. The Morgan fingerprint density at radius 2 is 1.91 bits per heavy atom. The monoisotopic (exact) mass is 433 g/mol.